The number of carbonyl (C=O) groups is 1. The van der Waals surface area contributed by atoms with Gasteiger partial charge in [0.05, 0.1) is 19.3 Å². The zero-order chi connectivity index (χ0) is 23.4. The number of amides is 1. The average molecular weight is 450 g/mol. The predicted molar refractivity (Wildman–Crippen MR) is 123 cm³/mol. The van der Waals surface area contributed by atoms with E-state index in [-0.39, 0.29) is 18.0 Å². The van der Waals surface area contributed by atoms with Crippen molar-refractivity contribution in [3.63, 3.8) is 0 Å². The number of aromatic amines is 1. The highest BCUT2D eigenvalue weighted by Gasteiger charge is 2.22. The zero-order valence-electron chi connectivity index (χ0n) is 18.3. The van der Waals surface area contributed by atoms with Crippen molar-refractivity contribution in [3.05, 3.63) is 95.2 Å². The molecule has 3 aromatic carbocycles. The minimum Gasteiger partial charge on any atom is -0.493 e. The first-order valence-electron chi connectivity index (χ1n) is 10.6. The molecule has 170 valence electrons. The van der Waals surface area contributed by atoms with Crippen molar-refractivity contribution in [2.75, 3.05) is 20.3 Å². The van der Waals surface area contributed by atoms with Crippen LogP contribution in [-0.2, 0) is 0 Å². The van der Waals surface area contributed by atoms with Crippen LogP contribution in [0.2, 0.25) is 0 Å². The lowest BCUT2D eigenvalue weighted by molar-refractivity contribution is 0.0948. The average Bonchev–Trinajstić information content (AvgIpc) is 3.24. The molecule has 0 aliphatic heterocycles. The highest BCUT2D eigenvalue weighted by atomic mass is 19.1. The summed E-state index contributed by atoms with van der Waals surface area (Å²) in [5.74, 6) is -1.32. The molecular formula is C26H24F2N2O3. The van der Waals surface area contributed by atoms with Crippen LogP contribution < -0.4 is 14.8 Å². The molecule has 1 unspecified atom stereocenters. The van der Waals surface area contributed by atoms with Crippen molar-refractivity contribution in [2.45, 2.75) is 12.8 Å². The third-order valence-corrected chi connectivity index (χ3v) is 5.53. The van der Waals surface area contributed by atoms with Crippen molar-refractivity contribution in [1.29, 1.82) is 0 Å². The molecule has 0 radical (unpaired) electrons. The Morgan fingerprint density at radius 2 is 1.88 bits per heavy atom. The van der Waals surface area contributed by atoms with E-state index in [1.54, 1.807) is 7.11 Å². The highest BCUT2D eigenvalue weighted by Crippen LogP contribution is 2.36. The number of ether oxygens (including phenoxy) is 2. The van der Waals surface area contributed by atoms with E-state index >= 15 is 0 Å². The van der Waals surface area contributed by atoms with Crippen molar-refractivity contribution in [2.24, 2.45) is 0 Å². The first-order valence-corrected chi connectivity index (χ1v) is 10.6. The number of methoxy groups -OCH3 is 1. The fourth-order valence-corrected chi connectivity index (χ4v) is 3.93. The van der Waals surface area contributed by atoms with E-state index in [0.29, 0.717) is 24.2 Å². The van der Waals surface area contributed by atoms with Crippen molar-refractivity contribution < 1.29 is 23.0 Å². The molecule has 4 aromatic rings. The molecule has 0 aliphatic rings. The number of hydrogen-bond donors (Lipinski definition) is 2. The Morgan fingerprint density at radius 1 is 1.06 bits per heavy atom. The van der Waals surface area contributed by atoms with Crippen molar-refractivity contribution in [3.8, 4) is 11.5 Å². The molecule has 1 atom stereocenters. The van der Waals surface area contributed by atoms with Crippen LogP contribution in [0, 0.1) is 11.6 Å². The van der Waals surface area contributed by atoms with Crippen LogP contribution in [0.4, 0.5) is 8.78 Å². The molecule has 0 saturated carbocycles. The van der Waals surface area contributed by atoms with Crippen LogP contribution in [0.15, 0.2) is 66.9 Å². The molecule has 0 aliphatic carbocycles. The summed E-state index contributed by atoms with van der Waals surface area (Å²) >= 11 is 0. The largest absolute Gasteiger partial charge is 0.493 e. The second-order valence-electron chi connectivity index (χ2n) is 7.52. The maximum absolute atomic E-state index is 14.1. The SMILES string of the molecule is CCOc1ccc(C(CNC(=O)c2ccc(F)cc2F)c2c[nH]c3ccccc23)cc1OC. The summed E-state index contributed by atoms with van der Waals surface area (Å²) in [6.45, 7) is 2.59. The van der Waals surface area contributed by atoms with E-state index in [2.05, 4.69) is 10.3 Å². The third-order valence-electron chi connectivity index (χ3n) is 5.53. The van der Waals surface area contributed by atoms with Gasteiger partial charge < -0.3 is 19.8 Å². The Hall–Kier alpha value is -3.87. The van der Waals surface area contributed by atoms with Gasteiger partial charge in [0, 0.05) is 35.6 Å². The molecule has 0 spiro atoms. The molecule has 0 saturated heterocycles. The summed E-state index contributed by atoms with van der Waals surface area (Å²) in [6, 6.07) is 16.4. The predicted octanol–water partition coefficient (Wildman–Crippen LogP) is 5.42. The Bertz CT molecular complexity index is 1290. The molecule has 7 heteroatoms. The van der Waals surface area contributed by atoms with Gasteiger partial charge in [0.25, 0.3) is 5.91 Å². The van der Waals surface area contributed by atoms with Gasteiger partial charge in [-0.1, -0.05) is 24.3 Å². The monoisotopic (exact) mass is 450 g/mol. The van der Waals surface area contributed by atoms with Crippen LogP contribution in [0.5, 0.6) is 11.5 Å². The van der Waals surface area contributed by atoms with E-state index < -0.39 is 17.5 Å². The van der Waals surface area contributed by atoms with E-state index in [1.165, 1.54) is 0 Å². The molecule has 1 amide bonds. The van der Waals surface area contributed by atoms with Gasteiger partial charge in [0.15, 0.2) is 11.5 Å². The molecule has 1 aromatic heterocycles. The number of H-pyrrole nitrogens is 1. The molecule has 1 heterocycles. The number of rotatable bonds is 8. The molecule has 5 nitrogen and oxygen atoms in total. The summed E-state index contributed by atoms with van der Waals surface area (Å²) in [4.78, 5) is 15.9. The number of halogens is 2. The van der Waals surface area contributed by atoms with Crippen LogP contribution in [0.1, 0.15) is 34.3 Å². The topological polar surface area (TPSA) is 63.3 Å². The molecular weight excluding hydrogens is 426 g/mol. The third kappa shape index (κ3) is 4.67. The summed E-state index contributed by atoms with van der Waals surface area (Å²) in [5, 5.41) is 3.81. The smallest absolute Gasteiger partial charge is 0.254 e. The lowest BCUT2D eigenvalue weighted by Crippen LogP contribution is -2.29. The number of para-hydroxylation sites is 1. The number of fused-ring (bicyclic) bond motifs is 1. The quantitative estimate of drug-likeness (QED) is 0.377. The van der Waals surface area contributed by atoms with E-state index in [0.717, 1.165) is 34.2 Å². The summed E-state index contributed by atoms with van der Waals surface area (Å²) in [7, 11) is 1.57. The van der Waals surface area contributed by atoms with E-state index in [1.807, 2.05) is 55.6 Å². The second kappa shape index (κ2) is 9.73. The van der Waals surface area contributed by atoms with Gasteiger partial charge in [-0.3, -0.25) is 4.79 Å². The second-order valence-corrected chi connectivity index (χ2v) is 7.52. The first-order chi connectivity index (χ1) is 16.0. The fourth-order valence-electron chi connectivity index (χ4n) is 3.93. The number of nitrogens with one attached hydrogen (secondary N) is 2. The minimum atomic E-state index is -0.904. The molecule has 0 fully saturated rings. The van der Waals surface area contributed by atoms with E-state index in [9.17, 15) is 13.6 Å². The van der Waals surface area contributed by atoms with Gasteiger partial charge >= 0.3 is 0 Å². The van der Waals surface area contributed by atoms with Crippen LogP contribution in [-0.4, -0.2) is 31.2 Å². The fraction of sp³-hybridized carbons (Fsp3) is 0.192. The normalized spacial score (nSPS) is 11.9. The Balaban J connectivity index is 1.70. The summed E-state index contributed by atoms with van der Waals surface area (Å²) in [6.07, 6.45) is 1.91. The lowest BCUT2D eigenvalue weighted by Gasteiger charge is -2.20. The maximum atomic E-state index is 14.1. The summed E-state index contributed by atoms with van der Waals surface area (Å²) in [5.41, 5.74) is 2.61. The first kappa shape index (κ1) is 22.3. The van der Waals surface area contributed by atoms with E-state index in [4.69, 9.17) is 9.47 Å². The minimum absolute atomic E-state index is 0.189. The Morgan fingerprint density at radius 3 is 2.64 bits per heavy atom. The standard InChI is InChI=1S/C26H24F2N2O3/c1-3-33-24-11-8-16(12-25(24)32-2)20(21-15-29-23-7-5-4-6-18(21)23)14-30-26(31)19-10-9-17(27)13-22(19)28/h4-13,15,20,29H,3,14H2,1-2H3,(H,30,31). The Labute approximate surface area is 190 Å². The van der Waals surface area contributed by atoms with Gasteiger partial charge in [-0.05, 0) is 48.4 Å². The number of carbonyl (C=O) groups excluding carboxylic acids is 1. The van der Waals surface area contributed by atoms with Gasteiger partial charge in [0.1, 0.15) is 11.6 Å². The van der Waals surface area contributed by atoms with Crippen molar-refractivity contribution in [1.82, 2.24) is 10.3 Å². The van der Waals surface area contributed by atoms with Gasteiger partial charge in [-0.2, -0.15) is 0 Å². The highest BCUT2D eigenvalue weighted by molar-refractivity contribution is 5.94. The zero-order valence-corrected chi connectivity index (χ0v) is 18.3. The van der Waals surface area contributed by atoms with Crippen LogP contribution in [0.25, 0.3) is 10.9 Å². The summed E-state index contributed by atoms with van der Waals surface area (Å²) < 4.78 is 38.5. The molecule has 4 rings (SSSR count). The van der Waals surface area contributed by atoms with Gasteiger partial charge in [-0.25, -0.2) is 8.78 Å². The number of benzene rings is 3. The molecule has 2 N–H and O–H groups in total. The van der Waals surface area contributed by atoms with Gasteiger partial charge in [-0.15, -0.1) is 0 Å². The van der Waals surface area contributed by atoms with Crippen molar-refractivity contribution >= 4 is 16.8 Å². The lowest BCUT2D eigenvalue weighted by atomic mass is 9.90. The maximum Gasteiger partial charge on any atom is 0.254 e. The van der Waals surface area contributed by atoms with Crippen LogP contribution >= 0.6 is 0 Å². The molecule has 0 bridgehead atoms. The Kier molecular flexibility index (Phi) is 6.58. The number of hydrogen-bond acceptors (Lipinski definition) is 3. The number of aromatic nitrogens is 1. The van der Waals surface area contributed by atoms with Gasteiger partial charge in [0.2, 0.25) is 0 Å². The van der Waals surface area contributed by atoms with Crippen LogP contribution in [0.3, 0.4) is 0 Å². The molecule has 33 heavy (non-hydrogen) atoms.